The molecule has 0 spiro atoms. The van der Waals surface area contributed by atoms with Gasteiger partial charge in [0, 0.05) is 24.4 Å². The zero-order valence-electron chi connectivity index (χ0n) is 9.82. The van der Waals surface area contributed by atoms with Crippen molar-refractivity contribution in [1.82, 2.24) is 5.32 Å². The molecule has 1 aliphatic rings. The zero-order chi connectivity index (χ0) is 13.3. The molecule has 1 aliphatic heterocycles. The Labute approximate surface area is 102 Å². The Morgan fingerprint density at radius 2 is 1.94 bits per heavy atom. The number of anilines is 1. The van der Waals surface area contributed by atoms with Crippen LogP contribution >= 0.6 is 0 Å². The first kappa shape index (κ1) is 12.9. The molecule has 0 radical (unpaired) electrons. The molecule has 0 bridgehead atoms. The van der Waals surface area contributed by atoms with E-state index in [9.17, 15) is 18.0 Å². The van der Waals surface area contributed by atoms with Gasteiger partial charge < -0.3 is 10.6 Å². The first-order valence-corrected chi connectivity index (χ1v) is 5.59. The van der Waals surface area contributed by atoms with Gasteiger partial charge in [-0.15, -0.1) is 0 Å². The molecule has 6 heteroatoms. The van der Waals surface area contributed by atoms with E-state index >= 15 is 0 Å². The van der Waals surface area contributed by atoms with Gasteiger partial charge in [0.1, 0.15) is 0 Å². The summed E-state index contributed by atoms with van der Waals surface area (Å²) in [6, 6.07) is 1.53. The van der Waals surface area contributed by atoms with E-state index in [1.54, 1.807) is 6.92 Å². The van der Waals surface area contributed by atoms with Crippen molar-refractivity contribution in [1.29, 1.82) is 0 Å². The van der Waals surface area contributed by atoms with Gasteiger partial charge in [0.25, 0.3) is 0 Å². The van der Waals surface area contributed by atoms with E-state index in [-0.39, 0.29) is 11.6 Å². The molecule has 1 heterocycles. The van der Waals surface area contributed by atoms with E-state index in [1.165, 1.54) is 0 Å². The quantitative estimate of drug-likeness (QED) is 0.797. The van der Waals surface area contributed by atoms with E-state index in [2.05, 4.69) is 10.6 Å². The smallest absolute Gasteiger partial charge is 0.231 e. The molecule has 1 atom stereocenters. The standard InChI is InChI=1S/C12H13F3N2O/c1-12(2-3-16-6-12)11(18)17-7-4-8(13)10(15)9(14)5-7/h4-5,16H,2-3,6H2,1H3,(H,17,18). The molecule has 3 nitrogen and oxygen atoms in total. The van der Waals surface area contributed by atoms with E-state index < -0.39 is 22.9 Å². The summed E-state index contributed by atoms with van der Waals surface area (Å²) in [5.74, 6) is -4.51. The number of hydrogen-bond acceptors (Lipinski definition) is 2. The number of rotatable bonds is 2. The number of carbonyl (C=O) groups is 1. The van der Waals surface area contributed by atoms with Gasteiger partial charge in [-0.05, 0) is 19.9 Å². The maximum atomic E-state index is 13.0. The summed E-state index contributed by atoms with van der Waals surface area (Å²) >= 11 is 0. The molecule has 2 rings (SSSR count). The normalized spacial score (nSPS) is 23.1. The van der Waals surface area contributed by atoms with Crippen molar-refractivity contribution in [3.05, 3.63) is 29.6 Å². The van der Waals surface area contributed by atoms with Crippen LogP contribution in [0, 0.1) is 22.9 Å². The lowest BCUT2D eigenvalue weighted by Crippen LogP contribution is -2.35. The molecule has 98 valence electrons. The maximum Gasteiger partial charge on any atom is 0.231 e. The number of benzene rings is 1. The van der Waals surface area contributed by atoms with Gasteiger partial charge in [-0.25, -0.2) is 13.2 Å². The number of hydrogen-bond donors (Lipinski definition) is 2. The Balaban J connectivity index is 2.17. The molecule has 0 aliphatic carbocycles. The van der Waals surface area contributed by atoms with E-state index in [1.807, 2.05) is 0 Å². The van der Waals surface area contributed by atoms with Crippen LogP contribution in [0.4, 0.5) is 18.9 Å². The van der Waals surface area contributed by atoms with Crippen LogP contribution < -0.4 is 10.6 Å². The van der Waals surface area contributed by atoms with E-state index in [0.717, 1.165) is 18.7 Å². The third-order valence-electron chi connectivity index (χ3n) is 3.16. The average Bonchev–Trinajstić information content (AvgIpc) is 2.74. The van der Waals surface area contributed by atoms with Crippen molar-refractivity contribution in [3.8, 4) is 0 Å². The molecule has 1 saturated heterocycles. The molecule has 1 aromatic rings. The second kappa shape index (κ2) is 4.61. The second-order valence-corrected chi connectivity index (χ2v) is 4.70. The minimum Gasteiger partial charge on any atom is -0.325 e. The Morgan fingerprint density at radius 3 is 2.44 bits per heavy atom. The Hall–Kier alpha value is -1.56. The van der Waals surface area contributed by atoms with E-state index in [0.29, 0.717) is 13.0 Å². The maximum absolute atomic E-state index is 13.0. The summed E-state index contributed by atoms with van der Waals surface area (Å²) in [6.45, 7) is 2.99. The summed E-state index contributed by atoms with van der Waals surface area (Å²) in [5, 5.41) is 5.45. The van der Waals surface area contributed by atoms with Gasteiger partial charge in [0.2, 0.25) is 5.91 Å². The molecule has 0 saturated carbocycles. The highest BCUT2D eigenvalue weighted by Gasteiger charge is 2.36. The number of nitrogens with one attached hydrogen (secondary N) is 2. The van der Waals surface area contributed by atoms with Crippen LogP contribution in [-0.2, 0) is 4.79 Å². The van der Waals surface area contributed by atoms with Gasteiger partial charge in [-0.2, -0.15) is 0 Å². The summed E-state index contributed by atoms with van der Waals surface area (Å²) in [6.07, 6.45) is 0.644. The van der Waals surface area contributed by atoms with Gasteiger partial charge in [-0.3, -0.25) is 4.79 Å². The van der Waals surface area contributed by atoms with Crippen LogP contribution in [0.3, 0.4) is 0 Å². The Kier molecular flexibility index (Phi) is 3.30. The average molecular weight is 258 g/mol. The zero-order valence-corrected chi connectivity index (χ0v) is 9.82. The van der Waals surface area contributed by atoms with Crippen molar-refractivity contribution in [2.75, 3.05) is 18.4 Å². The van der Waals surface area contributed by atoms with Crippen molar-refractivity contribution in [2.24, 2.45) is 5.41 Å². The lowest BCUT2D eigenvalue weighted by molar-refractivity contribution is -0.123. The predicted octanol–water partition coefficient (Wildman–Crippen LogP) is 2.04. The highest BCUT2D eigenvalue weighted by atomic mass is 19.2. The van der Waals surface area contributed by atoms with Crippen LogP contribution in [0.2, 0.25) is 0 Å². The van der Waals surface area contributed by atoms with Crippen LogP contribution in [0.1, 0.15) is 13.3 Å². The predicted molar refractivity (Wildman–Crippen MR) is 60.5 cm³/mol. The largest absolute Gasteiger partial charge is 0.325 e. The third-order valence-corrected chi connectivity index (χ3v) is 3.16. The first-order valence-electron chi connectivity index (χ1n) is 5.59. The number of carbonyl (C=O) groups excluding carboxylic acids is 1. The summed E-state index contributed by atoms with van der Waals surface area (Å²) in [4.78, 5) is 12.0. The fourth-order valence-electron chi connectivity index (χ4n) is 1.92. The molecule has 1 amide bonds. The fourth-order valence-corrected chi connectivity index (χ4v) is 1.92. The molecule has 18 heavy (non-hydrogen) atoms. The summed E-state index contributed by atoms with van der Waals surface area (Å²) in [5.41, 5.74) is -0.689. The molecular formula is C12H13F3N2O. The molecule has 1 unspecified atom stereocenters. The highest BCUT2D eigenvalue weighted by Crippen LogP contribution is 2.27. The molecular weight excluding hydrogens is 245 g/mol. The van der Waals surface area contributed by atoms with Crippen LogP contribution in [0.5, 0.6) is 0 Å². The van der Waals surface area contributed by atoms with Crippen LogP contribution in [0.15, 0.2) is 12.1 Å². The van der Waals surface area contributed by atoms with Gasteiger partial charge >= 0.3 is 0 Å². The van der Waals surface area contributed by atoms with Crippen LogP contribution in [0.25, 0.3) is 0 Å². The molecule has 1 fully saturated rings. The second-order valence-electron chi connectivity index (χ2n) is 4.70. The molecule has 2 N–H and O–H groups in total. The van der Waals surface area contributed by atoms with Crippen LogP contribution in [-0.4, -0.2) is 19.0 Å². The lowest BCUT2D eigenvalue weighted by atomic mass is 9.89. The summed E-state index contributed by atoms with van der Waals surface area (Å²) in [7, 11) is 0. The first-order chi connectivity index (χ1) is 8.42. The number of amides is 1. The summed E-state index contributed by atoms with van der Waals surface area (Å²) < 4.78 is 38.7. The minimum atomic E-state index is -1.54. The number of halogens is 3. The lowest BCUT2D eigenvalue weighted by Gasteiger charge is -2.21. The minimum absolute atomic E-state index is 0.0791. The van der Waals surface area contributed by atoms with Crippen molar-refractivity contribution < 1.29 is 18.0 Å². The Bertz CT molecular complexity index is 461. The SMILES string of the molecule is CC1(C(=O)Nc2cc(F)c(F)c(F)c2)CCNC1. The van der Waals surface area contributed by atoms with Crippen molar-refractivity contribution in [2.45, 2.75) is 13.3 Å². The van der Waals surface area contributed by atoms with Gasteiger partial charge in [0.15, 0.2) is 17.5 Å². The molecule has 0 aromatic heterocycles. The Morgan fingerprint density at radius 1 is 1.33 bits per heavy atom. The van der Waals surface area contributed by atoms with Crippen molar-refractivity contribution >= 4 is 11.6 Å². The van der Waals surface area contributed by atoms with Gasteiger partial charge in [-0.1, -0.05) is 0 Å². The highest BCUT2D eigenvalue weighted by molar-refractivity contribution is 5.95. The third kappa shape index (κ3) is 2.33. The van der Waals surface area contributed by atoms with Gasteiger partial charge in [0.05, 0.1) is 5.41 Å². The topological polar surface area (TPSA) is 41.1 Å². The molecule has 1 aromatic carbocycles. The fraction of sp³-hybridized carbons (Fsp3) is 0.417. The van der Waals surface area contributed by atoms with Crippen molar-refractivity contribution in [3.63, 3.8) is 0 Å². The van der Waals surface area contributed by atoms with E-state index in [4.69, 9.17) is 0 Å². The monoisotopic (exact) mass is 258 g/mol.